The molecule has 1 aromatic heterocycles. The third kappa shape index (κ3) is 4.98. The van der Waals surface area contributed by atoms with Crippen molar-refractivity contribution in [2.24, 2.45) is 10.1 Å². The van der Waals surface area contributed by atoms with Gasteiger partial charge in [-0.05, 0) is 64.8 Å². The minimum absolute atomic E-state index is 0.0224. The lowest BCUT2D eigenvalue weighted by Crippen LogP contribution is -2.20. The summed E-state index contributed by atoms with van der Waals surface area (Å²) in [6, 6.07) is 19.9. The molecule has 0 spiro atoms. The molecule has 32 heavy (non-hydrogen) atoms. The van der Waals surface area contributed by atoms with Gasteiger partial charge >= 0.3 is 0 Å². The number of pyridine rings is 1. The number of fused-ring (bicyclic) bond motifs is 1. The molecule has 1 heterocycles. The zero-order valence-corrected chi connectivity index (χ0v) is 20.1. The Kier molecular flexibility index (Phi) is 6.53. The van der Waals surface area contributed by atoms with Crippen molar-refractivity contribution in [2.75, 3.05) is 0 Å². The van der Waals surface area contributed by atoms with E-state index in [-0.39, 0.29) is 11.5 Å². The van der Waals surface area contributed by atoms with Crippen LogP contribution < -0.4 is 5.43 Å². The fourth-order valence-corrected chi connectivity index (χ4v) is 4.62. The monoisotopic (exact) mass is 552 g/mol. The SMILES string of the molecule is Cc1cc(Br)cc(Br)c1N=C(NN=Cc1ccc(O)cc1O)c1ccc2ccccc2n1. The normalized spacial score (nSPS) is 11.9. The number of halogens is 2. The molecule has 0 amide bonds. The zero-order chi connectivity index (χ0) is 22.7. The van der Waals surface area contributed by atoms with Crippen molar-refractivity contribution < 1.29 is 10.2 Å². The number of para-hydroxylation sites is 1. The number of phenols is 2. The number of phenolic OH excluding ortho intramolecular Hbond substituents is 2. The van der Waals surface area contributed by atoms with E-state index in [9.17, 15) is 10.2 Å². The van der Waals surface area contributed by atoms with Crippen molar-refractivity contribution in [3.63, 3.8) is 0 Å². The Morgan fingerprint density at radius 3 is 2.59 bits per heavy atom. The number of aryl methyl sites for hydroxylation is 1. The number of hydrogen-bond acceptors (Lipinski definition) is 5. The average molecular weight is 554 g/mol. The zero-order valence-electron chi connectivity index (χ0n) is 16.9. The summed E-state index contributed by atoms with van der Waals surface area (Å²) in [5, 5.41) is 24.7. The summed E-state index contributed by atoms with van der Waals surface area (Å²) in [4.78, 5) is 9.53. The Bertz CT molecular complexity index is 1350. The topological polar surface area (TPSA) is 90.1 Å². The number of hydrazone groups is 1. The molecule has 160 valence electrons. The van der Waals surface area contributed by atoms with Crippen LogP contribution >= 0.6 is 31.9 Å². The van der Waals surface area contributed by atoms with Gasteiger partial charge in [0.1, 0.15) is 17.2 Å². The minimum Gasteiger partial charge on any atom is -0.508 e. The van der Waals surface area contributed by atoms with Crippen LogP contribution in [0, 0.1) is 6.92 Å². The van der Waals surface area contributed by atoms with E-state index in [2.05, 4.69) is 42.4 Å². The number of aromatic hydroxyl groups is 2. The molecule has 0 fully saturated rings. The second-order valence-corrected chi connectivity index (χ2v) is 8.79. The Balaban J connectivity index is 1.76. The number of nitrogens with one attached hydrogen (secondary N) is 1. The van der Waals surface area contributed by atoms with Gasteiger partial charge in [-0.1, -0.05) is 40.2 Å². The lowest BCUT2D eigenvalue weighted by atomic mass is 10.2. The van der Waals surface area contributed by atoms with Crippen LogP contribution in [0.5, 0.6) is 11.5 Å². The summed E-state index contributed by atoms with van der Waals surface area (Å²) >= 11 is 7.07. The molecule has 3 N–H and O–H groups in total. The van der Waals surface area contributed by atoms with E-state index < -0.39 is 0 Å². The summed E-state index contributed by atoms with van der Waals surface area (Å²) in [5.74, 6) is 0.339. The first kappa shape index (κ1) is 22.0. The largest absolute Gasteiger partial charge is 0.508 e. The van der Waals surface area contributed by atoms with Gasteiger partial charge in [0, 0.05) is 26.0 Å². The number of rotatable bonds is 4. The van der Waals surface area contributed by atoms with Crippen molar-refractivity contribution >= 4 is 60.5 Å². The van der Waals surface area contributed by atoms with E-state index in [0.29, 0.717) is 17.1 Å². The van der Waals surface area contributed by atoms with Crippen LogP contribution in [0.15, 0.2) is 85.8 Å². The highest BCUT2D eigenvalue weighted by Gasteiger charge is 2.11. The fourth-order valence-electron chi connectivity index (χ4n) is 3.09. The number of hydrogen-bond donors (Lipinski definition) is 3. The van der Waals surface area contributed by atoms with E-state index in [4.69, 9.17) is 9.98 Å². The van der Waals surface area contributed by atoms with E-state index in [1.165, 1.54) is 18.3 Å². The highest BCUT2D eigenvalue weighted by atomic mass is 79.9. The van der Waals surface area contributed by atoms with Crippen molar-refractivity contribution in [3.8, 4) is 11.5 Å². The molecule has 0 saturated carbocycles. The first-order valence-electron chi connectivity index (χ1n) is 9.62. The molecule has 3 aromatic carbocycles. The predicted octanol–water partition coefficient (Wildman–Crippen LogP) is 6.18. The van der Waals surface area contributed by atoms with Gasteiger partial charge in [-0.2, -0.15) is 5.10 Å². The van der Waals surface area contributed by atoms with Gasteiger partial charge in [0.05, 0.1) is 17.4 Å². The molecule has 0 aliphatic heterocycles. The fraction of sp³-hybridized carbons (Fsp3) is 0.0417. The molecule has 0 atom stereocenters. The second kappa shape index (κ2) is 9.50. The molecule has 0 unspecified atom stereocenters. The van der Waals surface area contributed by atoms with Crippen LogP contribution in [0.1, 0.15) is 16.8 Å². The Hall–Kier alpha value is -3.23. The lowest BCUT2D eigenvalue weighted by Gasteiger charge is -2.10. The van der Waals surface area contributed by atoms with Crippen LogP contribution in [-0.4, -0.2) is 27.2 Å². The summed E-state index contributed by atoms with van der Waals surface area (Å²) in [5.41, 5.74) is 6.57. The van der Waals surface area contributed by atoms with Gasteiger partial charge in [-0.25, -0.2) is 9.98 Å². The maximum atomic E-state index is 9.99. The number of amidine groups is 1. The lowest BCUT2D eigenvalue weighted by molar-refractivity contribution is 0.450. The highest BCUT2D eigenvalue weighted by Crippen LogP contribution is 2.33. The van der Waals surface area contributed by atoms with Crippen LogP contribution in [-0.2, 0) is 0 Å². The van der Waals surface area contributed by atoms with Gasteiger partial charge in [0.15, 0.2) is 5.84 Å². The number of aromatic nitrogens is 1. The molecular formula is C24H18Br2N4O2. The maximum Gasteiger partial charge on any atom is 0.173 e. The molecule has 0 radical (unpaired) electrons. The summed E-state index contributed by atoms with van der Waals surface area (Å²) in [7, 11) is 0. The first-order valence-corrected chi connectivity index (χ1v) is 11.2. The third-order valence-electron chi connectivity index (χ3n) is 4.67. The first-order chi connectivity index (χ1) is 15.4. The van der Waals surface area contributed by atoms with Gasteiger partial charge in [0.2, 0.25) is 0 Å². The molecule has 0 saturated heterocycles. The maximum absolute atomic E-state index is 9.99. The smallest absolute Gasteiger partial charge is 0.173 e. The predicted molar refractivity (Wildman–Crippen MR) is 135 cm³/mol. The van der Waals surface area contributed by atoms with Gasteiger partial charge < -0.3 is 10.2 Å². The van der Waals surface area contributed by atoms with E-state index >= 15 is 0 Å². The van der Waals surface area contributed by atoms with Crippen LogP contribution in [0.3, 0.4) is 0 Å². The third-order valence-corrected chi connectivity index (χ3v) is 5.73. The standard InChI is InChI=1S/C24H18Br2N4O2/c1-14-10-17(25)11-19(26)23(14)29-24(21-9-7-15-4-2-3-5-20(15)28-21)30-27-13-16-6-8-18(31)12-22(16)32/h2-13,31-32H,1H3,(H,29,30). The Morgan fingerprint density at radius 2 is 1.81 bits per heavy atom. The molecule has 0 aliphatic carbocycles. The molecule has 8 heteroatoms. The molecule has 4 rings (SSSR count). The highest BCUT2D eigenvalue weighted by molar-refractivity contribution is 9.11. The Morgan fingerprint density at radius 1 is 1.00 bits per heavy atom. The van der Waals surface area contributed by atoms with Crippen LogP contribution in [0.4, 0.5) is 5.69 Å². The van der Waals surface area contributed by atoms with Gasteiger partial charge in [-0.3, -0.25) is 5.43 Å². The molecule has 4 aromatic rings. The van der Waals surface area contributed by atoms with Crippen molar-refractivity contribution in [1.29, 1.82) is 0 Å². The van der Waals surface area contributed by atoms with Crippen LogP contribution in [0.25, 0.3) is 10.9 Å². The van der Waals surface area contributed by atoms with Crippen LogP contribution in [0.2, 0.25) is 0 Å². The van der Waals surface area contributed by atoms with E-state index in [1.807, 2.05) is 55.5 Å². The van der Waals surface area contributed by atoms with Gasteiger partial charge in [0.25, 0.3) is 0 Å². The molecular weight excluding hydrogens is 536 g/mol. The quantitative estimate of drug-likeness (QED) is 0.160. The van der Waals surface area contributed by atoms with Crippen molar-refractivity contribution in [1.82, 2.24) is 10.4 Å². The number of aliphatic imine (C=N–C) groups is 1. The number of benzene rings is 3. The number of nitrogens with zero attached hydrogens (tertiary/aromatic N) is 3. The minimum atomic E-state index is -0.0793. The summed E-state index contributed by atoms with van der Waals surface area (Å²) in [6.07, 6.45) is 1.45. The molecule has 0 bridgehead atoms. The second-order valence-electron chi connectivity index (χ2n) is 7.02. The van der Waals surface area contributed by atoms with Crippen molar-refractivity contribution in [2.45, 2.75) is 6.92 Å². The summed E-state index contributed by atoms with van der Waals surface area (Å²) in [6.45, 7) is 1.97. The van der Waals surface area contributed by atoms with Crippen molar-refractivity contribution in [3.05, 3.63) is 92.5 Å². The average Bonchev–Trinajstić information content (AvgIpc) is 2.76. The van der Waals surface area contributed by atoms with E-state index in [0.717, 1.165) is 31.1 Å². The van der Waals surface area contributed by atoms with Gasteiger partial charge in [-0.15, -0.1) is 0 Å². The summed E-state index contributed by atoms with van der Waals surface area (Å²) < 4.78 is 1.77. The molecule has 0 aliphatic rings. The molecule has 6 nitrogen and oxygen atoms in total. The van der Waals surface area contributed by atoms with E-state index in [1.54, 1.807) is 6.07 Å². The Labute approximate surface area is 201 Å².